The van der Waals surface area contributed by atoms with Gasteiger partial charge in [0.25, 0.3) is 0 Å². The maximum Gasteiger partial charge on any atom is 0.0541 e. The fraction of sp³-hybridized carbons (Fsp3) is 0.545. The third-order valence-corrected chi connectivity index (χ3v) is 1.46. The Balaban J connectivity index is 0.000000500. The van der Waals surface area contributed by atoms with Crippen molar-refractivity contribution in [1.82, 2.24) is 10.3 Å². The fourth-order valence-corrected chi connectivity index (χ4v) is 0.896. The molecule has 0 aliphatic carbocycles. The molecule has 0 atom stereocenters. The summed E-state index contributed by atoms with van der Waals surface area (Å²) in [4.78, 5) is 4.19. The Morgan fingerprint density at radius 3 is 2.57 bits per heavy atom. The predicted molar refractivity (Wildman–Crippen MR) is 61.0 cm³/mol. The predicted octanol–water partition coefficient (Wildman–Crippen LogP) is 1.55. The Kier molecular flexibility index (Phi) is 9.48. The van der Waals surface area contributed by atoms with Crippen LogP contribution in [-0.2, 0) is 6.54 Å². The first kappa shape index (κ1) is 13.1. The van der Waals surface area contributed by atoms with Crippen molar-refractivity contribution in [3.8, 4) is 0 Å². The van der Waals surface area contributed by atoms with Gasteiger partial charge in [0.2, 0.25) is 0 Å². The SMILES string of the molecule is CCCNCc1ccccn1.CCN. The maximum absolute atomic E-state index is 4.85. The van der Waals surface area contributed by atoms with E-state index in [0.717, 1.165) is 25.3 Å². The van der Waals surface area contributed by atoms with Crippen LogP contribution in [0.2, 0.25) is 0 Å². The quantitative estimate of drug-likeness (QED) is 0.717. The summed E-state index contributed by atoms with van der Waals surface area (Å²) in [6.07, 6.45) is 3.00. The van der Waals surface area contributed by atoms with E-state index in [4.69, 9.17) is 5.73 Å². The van der Waals surface area contributed by atoms with Gasteiger partial charge in [-0.15, -0.1) is 0 Å². The lowest BCUT2D eigenvalue weighted by Gasteiger charge is -2.00. The summed E-state index contributed by atoms with van der Waals surface area (Å²) in [6.45, 7) is 6.76. The van der Waals surface area contributed by atoms with E-state index in [1.807, 2.05) is 31.3 Å². The molecule has 0 aromatic carbocycles. The van der Waals surface area contributed by atoms with Gasteiger partial charge >= 0.3 is 0 Å². The Bertz CT molecular complexity index is 199. The molecule has 3 heteroatoms. The number of aromatic nitrogens is 1. The minimum absolute atomic E-state index is 0.750. The first-order chi connectivity index (χ1) is 6.85. The van der Waals surface area contributed by atoms with E-state index in [-0.39, 0.29) is 0 Å². The van der Waals surface area contributed by atoms with Crippen LogP contribution in [0.25, 0.3) is 0 Å². The number of nitrogens with two attached hydrogens (primary N) is 1. The zero-order valence-corrected chi connectivity index (χ0v) is 9.16. The number of nitrogens with zero attached hydrogens (tertiary/aromatic N) is 1. The van der Waals surface area contributed by atoms with Crippen LogP contribution >= 0.6 is 0 Å². The first-order valence-corrected chi connectivity index (χ1v) is 5.15. The Hall–Kier alpha value is -0.930. The van der Waals surface area contributed by atoms with E-state index in [1.54, 1.807) is 0 Å². The Morgan fingerprint density at radius 1 is 1.36 bits per heavy atom. The van der Waals surface area contributed by atoms with E-state index in [2.05, 4.69) is 17.2 Å². The molecule has 0 aliphatic rings. The van der Waals surface area contributed by atoms with Gasteiger partial charge < -0.3 is 11.1 Å². The van der Waals surface area contributed by atoms with Gasteiger partial charge in [0.15, 0.2) is 0 Å². The molecule has 3 nitrogen and oxygen atoms in total. The second-order valence-corrected chi connectivity index (χ2v) is 2.91. The van der Waals surface area contributed by atoms with Crippen molar-refractivity contribution in [2.75, 3.05) is 13.1 Å². The highest BCUT2D eigenvalue weighted by molar-refractivity contribution is 5.02. The molecule has 1 heterocycles. The molecule has 0 bridgehead atoms. The van der Waals surface area contributed by atoms with Crippen molar-refractivity contribution in [3.05, 3.63) is 30.1 Å². The first-order valence-electron chi connectivity index (χ1n) is 5.15. The highest BCUT2D eigenvalue weighted by atomic mass is 14.9. The van der Waals surface area contributed by atoms with Gasteiger partial charge in [-0.1, -0.05) is 19.9 Å². The van der Waals surface area contributed by atoms with Crippen LogP contribution in [0.4, 0.5) is 0 Å². The summed E-state index contributed by atoms with van der Waals surface area (Å²) < 4.78 is 0. The second-order valence-electron chi connectivity index (χ2n) is 2.91. The molecule has 0 fully saturated rings. The van der Waals surface area contributed by atoms with Crippen LogP contribution in [0.5, 0.6) is 0 Å². The normalized spacial score (nSPS) is 9.07. The van der Waals surface area contributed by atoms with E-state index in [9.17, 15) is 0 Å². The van der Waals surface area contributed by atoms with Crippen LogP contribution in [0.3, 0.4) is 0 Å². The van der Waals surface area contributed by atoms with Crippen LogP contribution in [-0.4, -0.2) is 18.1 Å². The van der Waals surface area contributed by atoms with Crippen LogP contribution in [0, 0.1) is 0 Å². The molecular weight excluding hydrogens is 174 g/mol. The highest BCUT2D eigenvalue weighted by Gasteiger charge is 1.88. The standard InChI is InChI=1S/C9H14N2.C2H7N/c1-2-6-10-8-9-5-3-4-7-11-9;1-2-3/h3-5,7,10H,2,6,8H2,1H3;2-3H2,1H3. The summed E-state index contributed by atoms with van der Waals surface area (Å²) in [7, 11) is 0. The van der Waals surface area contributed by atoms with Crippen molar-refractivity contribution in [2.24, 2.45) is 5.73 Å². The van der Waals surface area contributed by atoms with Crippen molar-refractivity contribution in [3.63, 3.8) is 0 Å². The molecule has 3 N–H and O–H groups in total. The van der Waals surface area contributed by atoms with Crippen molar-refractivity contribution in [2.45, 2.75) is 26.8 Å². The lowest BCUT2D eigenvalue weighted by molar-refractivity contribution is 0.664. The monoisotopic (exact) mass is 195 g/mol. The molecule has 0 spiro atoms. The summed E-state index contributed by atoms with van der Waals surface area (Å²) in [6, 6.07) is 5.97. The molecule has 0 saturated heterocycles. The van der Waals surface area contributed by atoms with Gasteiger partial charge in [-0.05, 0) is 31.6 Å². The topological polar surface area (TPSA) is 50.9 Å². The number of pyridine rings is 1. The molecule has 1 aromatic rings. The molecule has 0 amide bonds. The third-order valence-electron chi connectivity index (χ3n) is 1.46. The summed E-state index contributed by atoms with van der Waals surface area (Å²) in [5.41, 5.74) is 5.96. The molecule has 0 aliphatic heterocycles. The van der Waals surface area contributed by atoms with E-state index in [0.29, 0.717) is 0 Å². The summed E-state index contributed by atoms with van der Waals surface area (Å²) >= 11 is 0. The second kappa shape index (κ2) is 10.2. The van der Waals surface area contributed by atoms with Crippen LogP contribution < -0.4 is 11.1 Å². The van der Waals surface area contributed by atoms with Gasteiger partial charge in [0, 0.05) is 12.7 Å². The minimum Gasteiger partial charge on any atom is -0.331 e. The maximum atomic E-state index is 4.85. The van der Waals surface area contributed by atoms with Gasteiger partial charge in [-0.25, -0.2) is 0 Å². The largest absolute Gasteiger partial charge is 0.331 e. The van der Waals surface area contributed by atoms with Gasteiger partial charge in [0.1, 0.15) is 0 Å². The molecule has 1 aromatic heterocycles. The van der Waals surface area contributed by atoms with Gasteiger partial charge in [0.05, 0.1) is 5.69 Å². The summed E-state index contributed by atoms with van der Waals surface area (Å²) in [5, 5.41) is 3.29. The van der Waals surface area contributed by atoms with Gasteiger partial charge in [-0.2, -0.15) is 0 Å². The van der Waals surface area contributed by atoms with Crippen LogP contribution in [0.1, 0.15) is 26.0 Å². The van der Waals surface area contributed by atoms with E-state index < -0.39 is 0 Å². The fourth-order valence-electron chi connectivity index (χ4n) is 0.896. The molecule has 0 unspecified atom stereocenters. The number of nitrogens with one attached hydrogen (secondary N) is 1. The molecule has 14 heavy (non-hydrogen) atoms. The lowest BCUT2D eigenvalue weighted by atomic mass is 10.3. The van der Waals surface area contributed by atoms with Crippen LogP contribution in [0.15, 0.2) is 24.4 Å². The molecule has 1 rings (SSSR count). The Morgan fingerprint density at radius 2 is 2.07 bits per heavy atom. The van der Waals surface area contributed by atoms with Crippen molar-refractivity contribution < 1.29 is 0 Å². The number of hydrogen-bond donors (Lipinski definition) is 2. The van der Waals surface area contributed by atoms with Crippen molar-refractivity contribution in [1.29, 1.82) is 0 Å². The molecule has 80 valence electrons. The zero-order chi connectivity index (χ0) is 10.6. The molecule has 0 saturated carbocycles. The molecule has 0 radical (unpaired) electrons. The minimum atomic E-state index is 0.750. The number of rotatable bonds is 4. The van der Waals surface area contributed by atoms with E-state index in [1.165, 1.54) is 6.42 Å². The molecular formula is C11H21N3. The zero-order valence-electron chi connectivity index (χ0n) is 9.16. The third kappa shape index (κ3) is 7.71. The van der Waals surface area contributed by atoms with Crippen molar-refractivity contribution >= 4 is 0 Å². The van der Waals surface area contributed by atoms with E-state index >= 15 is 0 Å². The lowest BCUT2D eigenvalue weighted by Crippen LogP contribution is -2.14. The smallest absolute Gasteiger partial charge is 0.0541 e. The van der Waals surface area contributed by atoms with Gasteiger partial charge in [-0.3, -0.25) is 4.98 Å². The highest BCUT2D eigenvalue weighted by Crippen LogP contribution is 1.91. The number of hydrogen-bond acceptors (Lipinski definition) is 3. The average Bonchev–Trinajstić information content (AvgIpc) is 2.21. The average molecular weight is 195 g/mol. The summed E-state index contributed by atoms with van der Waals surface area (Å²) in [5.74, 6) is 0. The Labute approximate surface area is 86.7 Å².